The molecule has 122 valence electrons. The third-order valence-corrected chi connectivity index (χ3v) is 4.95. The third-order valence-electron chi connectivity index (χ3n) is 4.10. The Balaban J connectivity index is 1.69. The highest BCUT2D eigenvalue weighted by molar-refractivity contribution is 7.12. The van der Waals surface area contributed by atoms with Crippen molar-refractivity contribution in [3.8, 4) is 0 Å². The van der Waals surface area contributed by atoms with Crippen molar-refractivity contribution in [2.45, 2.75) is 32.4 Å². The van der Waals surface area contributed by atoms with Gasteiger partial charge in [-0.3, -0.25) is 9.59 Å². The van der Waals surface area contributed by atoms with E-state index in [1.54, 1.807) is 16.8 Å². The molecule has 1 saturated heterocycles. The molecule has 0 bridgehead atoms. The smallest absolute Gasteiger partial charge is 0.264 e. The molecule has 0 aromatic carbocycles. The van der Waals surface area contributed by atoms with Gasteiger partial charge in [0.25, 0.3) is 5.91 Å². The number of carbonyl (C=O) groups excluding carboxylic acids is 2. The fourth-order valence-corrected chi connectivity index (χ4v) is 3.62. The summed E-state index contributed by atoms with van der Waals surface area (Å²) in [6, 6.07) is 7.06. The summed E-state index contributed by atoms with van der Waals surface area (Å²) in [6.07, 6.45) is 1.58. The van der Waals surface area contributed by atoms with E-state index in [0.29, 0.717) is 18.0 Å². The number of rotatable bonds is 4. The molecule has 1 aliphatic heterocycles. The van der Waals surface area contributed by atoms with Gasteiger partial charge in [-0.05, 0) is 43.3 Å². The van der Waals surface area contributed by atoms with E-state index in [-0.39, 0.29) is 17.9 Å². The van der Waals surface area contributed by atoms with Gasteiger partial charge in [-0.15, -0.1) is 11.3 Å². The number of aryl methyl sites for hydroxylation is 1. The topological polar surface area (TPSA) is 53.8 Å². The molecule has 2 aromatic rings. The van der Waals surface area contributed by atoms with E-state index < -0.39 is 0 Å². The van der Waals surface area contributed by atoms with Crippen LogP contribution in [-0.4, -0.2) is 41.2 Å². The van der Waals surface area contributed by atoms with Gasteiger partial charge in [0.2, 0.25) is 5.91 Å². The number of hydrogen-bond donors (Lipinski definition) is 0. The normalized spacial score (nSPS) is 17.5. The SMILES string of the molecule is Cc1ccc(CN(C)C(=O)[C@@H]2CCCN2C(=O)c2cccs2)o1. The van der Waals surface area contributed by atoms with Gasteiger partial charge < -0.3 is 14.2 Å². The Kier molecular flexibility index (Phi) is 4.52. The molecule has 0 aliphatic carbocycles. The Bertz CT molecular complexity index is 693. The van der Waals surface area contributed by atoms with Crippen LogP contribution in [0.15, 0.2) is 34.1 Å². The van der Waals surface area contributed by atoms with Crippen LogP contribution >= 0.6 is 11.3 Å². The van der Waals surface area contributed by atoms with Crippen LogP contribution in [-0.2, 0) is 11.3 Å². The summed E-state index contributed by atoms with van der Waals surface area (Å²) >= 11 is 1.41. The summed E-state index contributed by atoms with van der Waals surface area (Å²) in [5.41, 5.74) is 0. The quantitative estimate of drug-likeness (QED) is 0.865. The Hall–Kier alpha value is -2.08. The molecule has 2 amide bonds. The monoisotopic (exact) mass is 332 g/mol. The maximum Gasteiger partial charge on any atom is 0.264 e. The van der Waals surface area contributed by atoms with Crippen LogP contribution in [0.3, 0.4) is 0 Å². The molecule has 6 heteroatoms. The van der Waals surface area contributed by atoms with Gasteiger partial charge in [-0.25, -0.2) is 0 Å². The minimum atomic E-state index is -0.370. The van der Waals surface area contributed by atoms with Crippen LogP contribution in [0.2, 0.25) is 0 Å². The van der Waals surface area contributed by atoms with Gasteiger partial charge in [0.05, 0.1) is 11.4 Å². The predicted octanol–water partition coefficient (Wildman–Crippen LogP) is 2.91. The Labute approximate surface area is 139 Å². The number of carbonyl (C=O) groups is 2. The molecule has 1 fully saturated rings. The van der Waals surface area contributed by atoms with E-state index in [0.717, 1.165) is 24.4 Å². The van der Waals surface area contributed by atoms with Crippen molar-refractivity contribution in [1.82, 2.24) is 9.80 Å². The largest absolute Gasteiger partial charge is 0.464 e. The zero-order valence-electron chi connectivity index (χ0n) is 13.3. The number of thiophene rings is 1. The molecule has 0 saturated carbocycles. The predicted molar refractivity (Wildman–Crippen MR) is 88.3 cm³/mol. The van der Waals surface area contributed by atoms with Gasteiger partial charge in [-0.1, -0.05) is 6.07 Å². The second-order valence-corrected chi connectivity index (χ2v) is 6.79. The number of furan rings is 1. The van der Waals surface area contributed by atoms with Gasteiger partial charge in [-0.2, -0.15) is 0 Å². The second-order valence-electron chi connectivity index (χ2n) is 5.84. The fraction of sp³-hybridized carbons (Fsp3) is 0.412. The number of likely N-dealkylation sites (tertiary alicyclic amines) is 1. The molecule has 0 N–H and O–H groups in total. The third kappa shape index (κ3) is 3.32. The van der Waals surface area contributed by atoms with E-state index in [9.17, 15) is 9.59 Å². The maximum absolute atomic E-state index is 12.7. The zero-order chi connectivity index (χ0) is 16.4. The first kappa shape index (κ1) is 15.8. The molecule has 0 unspecified atom stereocenters. The van der Waals surface area contributed by atoms with E-state index in [4.69, 9.17) is 4.42 Å². The van der Waals surface area contributed by atoms with Gasteiger partial charge in [0, 0.05) is 13.6 Å². The maximum atomic E-state index is 12.7. The van der Waals surface area contributed by atoms with Crippen LogP contribution < -0.4 is 0 Å². The summed E-state index contributed by atoms with van der Waals surface area (Å²) in [5.74, 6) is 1.52. The minimum absolute atomic E-state index is 0.0264. The highest BCUT2D eigenvalue weighted by atomic mass is 32.1. The van der Waals surface area contributed by atoms with Crippen LogP contribution in [0.4, 0.5) is 0 Å². The number of hydrogen-bond acceptors (Lipinski definition) is 4. The lowest BCUT2D eigenvalue weighted by molar-refractivity contribution is -0.134. The summed E-state index contributed by atoms with van der Waals surface area (Å²) in [6.45, 7) is 2.94. The second kappa shape index (κ2) is 6.58. The van der Waals surface area contributed by atoms with Crippen LogP contribution in [0.1, 0.15) is 34.0 Å². The van der Waals surface area contributed by atoms with Crippen molar-refractivity contribution in [2.75, 3.05) is 13.6 Å². The Morgan fingerprint density at radius 3 is 2.87 bits per heavy atom. The van der Waals surface area contributed by atoms with Gasteiger partial charge in [0.1, 0.15) is 17.6 Å². The average molecular weight is 332 g/mol. The fourth-order valence-electron chi connectivity index (χ4n) is 2.94. The number of likely N-dealkylation sites (N-methyl/N-ethyl adjacent to an activating group) is 1. The molecular formula is C17H20N2O3S. The van der Waals surface area contributed by atoms with Crippen LogP contribution in [0.25, 0.3) is 0 Å². The average Bonchev–Trinajstić information content (AvgIpc) is 3.27. The van der Waals surface area contributed by atoms with Crippen molar-refractivity contribution in [3.05, 3.63) is 46.0 Å². The van der Waals surface area contributed by atoms with E-state index in [1.165, 1.54) is 11.3 Å². The van der Waals surface area contributed by atoms with E-state index in [1.807, 2.05) is 36.6 Å². The first-order valence-corrected chi connectivity index (χ1v) is 8.59. The highest BCUT2D eigenvalue weighted by Crippen LogP contribution is 2.24. The lowest BCUT2D eigenvalue weighted by Crippen LogP contribution is -2.46. The highest BCUT2D eigenvalue weighted by Gasteiger charge is 2.36. The van der Waals surface area contributed by atoms with E-state index in [2.05, 4.69) is 0 Å². The molecule has 1 aliphatic rings. The van der Waals surface area contributed by atoms with Crippen molar-refractivity contribution in [3.63, 3.8) is 0 Å². The first-order valence-electron chi connectivity index (χ1n) is 7.71. The van der Waals surface area contributed by atoms with Crippen LogP contribution in [0.5, 0.6) is 0 Å². The molecular weight excluding hydrogens is 312 g/mol. The molecule has 5 nitrogen and oxygen atoms in total. The summed E-state index contributed by atoms with van der Waals surface area (Å²) in [7, 11) is 1.76. The van der Waals surface area contributed by atoms with Crippen molar-refractivity contribution >= 4 is 23.2 Å². The van der Waals surface area contributed by atoms with Gasteiger partial charge in [0.15, 0.2) is 0 Å². The zero-order valence-corrected chi connectivity index (χ0v) is 14.1. The summed E-state index contributed by atoms with van der Waals surface area (Å²) in [4.78, 5) is 29.3. The molecule has 3 rings (SSSR count). The summed E-state index contributed by atoms with van der Waals surface area (Å²) < 4.78 is 5.53. The molecule has 0 spiro atoms. The first-order chi connectivity index (χ1) is 11.1. The lowest BCUT2D eigenvalue weighted by atomic mass is 10.2. The molecule has 3 heterocycles. The van der Waals surface area contributed by atoms with Gasteiger partial charge >= 0.3 is 0 Å². The molecule has 0 radical (unpaired) electrons. The van der Waals surface area contributed by atoms with Crippen molar-refractivity contribution in [1.29, 1.82) is 0 Å². The van der Waals surface area contributed by atoms with Crippen molar-refractivity contribution in [2.24, 2.45) is 0 Å². The van der Waals surface area contributed by atoms with Crippen LogP contribution in [0, 0.1) is 6.92 Å². The lowest BCUT2D eigenvalue weighted by Gasteiger charge is -2.27. The number of nitrogens with zero attached hydrogens (tertiary/aromatic N) is 2. The molecule has 23 heavy (non-hydrogen) atoms. The van der Waals surface area contributed by atoms with E-state index >= 15 is 0 Å². The summed E-state index contributed by atoms with van der Waals surface area (Å²) in [5, 5.41) is 1.88. The Morgan fingerprint density at radius 2 is 2.22 bits per heavy atom. The van der Waals surface area contributed by atoms with Crippen molar-refractivity contribution < 1.29 is 14.0 Å². The Morgan fingerprint density at radius 1 is 1.39 bits per heavy atom. The molecule has 2 aromatic heterocycles. The number of amides is 2. The standard InChI is InChI=1S/C17H20N2O3S/c1-12-7-8-13(22-12)11-18(2)16(20)14-5-3-9-19(14)17(21)15-6-4-10-23-15/h4,6-8,10,14H,3,5,9,11H2,1-2H3/t14-/m0/s1. The minimum Gasteiger partial charge on any atom is -0.464 e. The molecule has 1 atom stereocenters.